The lowest BCUT2D eigenvalue weighted by atomic mass is 10.0. The predicted molar refractivity (Wildman–Crippen MR) is 69.1 cm³/mol. The summed E-state index contributed by atoms with van der Waals surface area (Å²) in [5.41, 5.74) is -1.32. The summed E-state index contributed by atoms with van der Waals surface area (Å²) in [7, 11) is 0. The minimum Gasteiger partial charge on any atom is -0.503 e. The van der Waals surface area contributed by atoms with E-state index < -0.39 is 34.6 Å². The number of phenolic OH excluding ortho intramolecular Hbond substituents is 1. The zero-order chi connectivity index (χ0) is 15.7. The number of aryl methyl sites for hydroxylation is 1. The number of halogens is 2. The van der Waals surface area contributed by atoms with E-state index in [4.69, 9.17) is 9.15 Å². The molecule has 0 saturated heterocycles. The summed E-state index contributed by atoms with van der Waals surface area (Å²) in [6.07, 6.45) is -0.359. The first kappa shape index (κ1) is 15.0. The second-order valence-electron chi connectivity index (χ2n) is 4.37. The Balaban J connectivity index is 2.68. The molecule has 2 rings (SSSR count). The molecular formula is C14H12F2O5. The summed E-state index contributed by atoms with van der Waals surface area (Å²) in [6, 6.07) is 0.848. The number of hydrogen-bond donors (Lipinski definition) is 1. The number of carbonyl (C=O) groups excluding carboxylic acids is 1. The number of phenols is 1. The third kappa shape index (κ3) is 2.58. The van der Waals surface area contributed by atoms with Gasteiger partial charge in [-0.2, -0.15) is 4.39 Å². The van der Waals surface area contributed by atoms with E-state index in [-0.39, 0.29) is 29.5 Å². The van der Waals surface area contributed by atoms with Crippen molar-refractivity contribution in [2.24, 2.45) is 0 Å². The fourth-order valence-corrected chi connectivity index (χ4v) is 2.00. The van der Waals surface area contributed by atoms with Crippen molar-refractivity contribution in [2.75, 3.05) is 6.61 Å². The highest BCUT2D eigenvalue weighted by Crippen LogP contribution is 2.30. The van der Waals surface area contributed by atoms with Gasteiger partial charge in [0, 0.05) is 5.39 Å². The Bertz CT molecular complexity index is 779. The highest BCUT2D eigenvalue weighted by Gasteiger charge is 2.21. The van der Waals surface area contributed by atoms with Crippen molar-refractivity contribution in [1.29, 1.82) is 0 Å². The Hall–Kier alpha value is -2.44. The zero-order valence-corrected chi connectivity index (χ0v) is 11.3. The lowest BCUT2D eigenvalue weighted by molar-refractivity contribution is -0.142. The number of rotatable bonds is 3. The van der Waals surface area contributed by atoms with Crippen LogP contribution < -0.4 is 5.63 Å². The predicted octanol–water partition coefficient (Wildman–Crippen LogP) is 2.19. The molecule has 0 fully saturated rings. The van der Waals surface area contributed by atoms with Crippen LogP contribution in [-0.2, 0) is 16.0 Å². The van der Waals surface area contributed by atoms with Gasteiger partial charge >= 0.3 is 11.6 Å². The number of aromatic hydroxyl groups is 1. The second-order valence-corrected chi connectivity index (χ2v) is 4.37. The van der Waals surface area contributed by atoms with Gasteiger partial charge in [-0.25, -0.2) is 9.18 Å². The molecular weight excluding hydrogens is 286 g/mol. The van der Waals surface area contributed by atoms with Gasteiger partial charge in [0.15, 0.2) is 17.1 Å². The van der Waals surface area contributed by atoms with E-state index in [0.29, 0.717) is 0 Å². The number of carbonyl (C=O) groups is 1. The monoisotopic (exact) mass is 298 g/mol. The first-order chi connectivity index (χ1) is 9.86. The van der Waals surface area contributed by atoms with Crippen molar-refractivity contribution in [3.63, 3.8) is 0 Å². The van der Waals surface area contributed by atoms with E-state index in [1.54, 1.807) is 6.92 Å². The molecule has 0 aliphatic carbocycles. The first-order valence-electron chi connectivity index (χ1n) is 6.15. The van der Waals surface area contributed by atoms with Crippen LogP contribution in [0.25, 0.3) is 11.0 Å². The van der Waals surface area contributed by atoms with Gasteiger partial charge in [-0.1, -0.05) is 0 Å². The number of hydrogen-bond acceptors (Lipinski definition) is 5. The van der Waals surface area contributed by atoms with Gasteiger partial charge in [0.2, 0.25) is 5.82 Å². The summed E-state index contributed by atoms with van der Waals surface area (Å²) in [5.74, 6) is -4.40. The molecule has 2 aromatic rings. The van der Waals surface area contributed by atoms with Crippen LogP contribution >= 0.6 is 0 Å². The van der Waals surface area contributed by atoms with Gasteiger partial charge in [-0.05, 0) is 25.5 Å². The highest BCUT2D eigenvalue weighted by atomic mass is 19.1. The van der Waals surface area contributed by atoms with E-state index in [0.717, 1.165) is 6.07 Å². The van der Waals surface area contributed by atoms with Crippen molar-refractivity contribution in [2.45, 2.75) is 20.3 Å². The van der Waals surface area contributed by atoms with E-state index in [9.17, 15) is 23.5 Å². The van der Waals surface area contributed by atoms with Gasteiger partial charge in [0.1, 0.15) is 0 Å². The second kappa shape index (κ2) is 5.51. The quantitative estimate of drug-likeness (QED) is 0.694. The van der Waals surface area contributed by atoms with Crippen LogP contribution in [0.15, 0.2) is 15.3 Å². The molecule has 1 aromatic carbocycles. The first-order valence-corrected chi connectivity index (χ1v) is 6.15. The van der Waals surface area contributed by atoms with Gasteiger partial charge in [0.05, 0.1) is 18.6 Å². The van der Waals surface area contributed by atoms with Crippen LogP contribution in [0.2, 0.25) is 0 Å². The normalized spacial score (nSPS) is 10.9. The molecule has 0 radical (unpaired) electrons. The van der Waals surface area contributed by atoms with Crippen molar-refractivity contribution in [1.82, 2.24) is 0 Å². The molecule has 0 aliphatic rings. The molecule has 112 valence electrons. The van der Waals surface area contributed by atoms with E-state index >= 15 is 0 Å². The molecule has 0 saturated carbocycles. The van der Waals surface area contributed by atoms with Crippen molar-refractivity contribution >= 4 is 16.9 Å². The zero-order valence-electron chi connectivity index (χ0n) is 11.3. The molecule has 0 spiro atoms. The number of ether oxygens (including phenoxy) is 1. The summed E-state index contributed by atoms with van der Waals surface area (Å²) in [6.45, 7) is 3.19. The van der Waals surface area contributed by atoms with E-state index in [1.807, 2.05) is 0 Å². The summed E-state index contributed by atoms with van der Waals surface area (Å²) < 4.78 is 36.6. The fourth-order valence-electron chi connectivity index (χ4n) is 2.00. The average Bonchev–Trinajstić information content (AvgIpc) is 2.43. The van der Waals surface area contributed by atoms with Crippen LogP contribution in [0.3, 0.4) is 0 Å². The topological polar surface area (TPSA) is 76.7 Å². The van der Waals surface area contributed by atoms with Crippen LogP contribution in [0, 0.1) is 18.6 Å². The lowest BCUT2D eigenvalue weighted by Gasteiger charge is -2.09. The maximum atomic E-state index is 13.7. The molecule has 1 heterocycles. The molecule has 7 heteroatoms. The molecule has 0 amide bonds. The smallest absolute Gasteiger partial charge is 0.340 e. The number of fused-ring (bicyclic) bond motifs is 1. The molecule has 0 aliphatic heterocycles. The van der Waals surface area contributed by atoms with Crippen LogP contribution in [0.5, 0.6) is 5.75 Å². The molecule has 21 heavy (non-hydrogen) atoms. The van der Waals surface area contributed by atoms with E-state index in [2.05, 4.69) is 0 Å². The maximum Gasteiger partial charge on any atom is 0.340 e. The summed E-state index contributed by atoms with van der Waals surface area (Å²) >= 11 is 0. The summed E-state index contributed by atoms with van der Waals surface area (Å²) in [5, 5.41) is 9.16. The SMILES string of the molecule is CCOC(=O)Cc1c(C)c2cc(F)c(O)c(F)c2oc1=O. The third-order valence-corrected chi connectivity index (χ3v) is 3.07. The molecule has 0 bridgehead atoms. The largest absolute Gasteiger partial charge is 0.503 e. The molecule has 0 unspecified atom stereocenters. The van der Waals surface area contributed by atoms with Gasteiger partial charge in [-0.3, -0.25) is 4.79 Å². The fraction of sp³-hybridized carbons (Fsp3) is 0.286. The summed E-state index contributed by atoms with van der Waals surface area (Å²) in [4.78, 5) is 23.3. The van der Waals surface area contributed by atoms with Crippen molar-refractivity contribution < 1.29 is 27.8 Å². The Morgan fingerprint density at radius 3 is 2.71 bits per heavy atom. The van der Waals surface area contributed by atoms with Gasteiger partial charge < -0.3 is 14.3 Å². The van der Waals surface area contributed by atoms with Crippen LogP contribution in [-0.4, -0.2) is 17.7 Å². The minimum absolute atomic E-state index is 0.0262. The number of benzene rings is 1. The van der Waals surface area contributed by atoms with Gasteiger partial charge in [0.25, 0.3) is 0 Å². The van der Waals surface area contributed by atoms with Gasteiger partial charge in [-0.15, -0.1) is 0 Å². The third-order valence-electron chi connectivity index (χ3n) is 3.07. The Kier molecular flexibility index (Phi) is 3.93. The lowest BCUT2D eigenvalue weighted by Crippen LogP contribution is -2.17. The molecule has 1 aromatic heterocycles. The maximum absolute atomic E-state index is 13.7. The van der Waals surface area contributed by atoms with Crippen LogP contribution in [0.1, 0.15) is 18.1 Å². The Morgan fingerprint density at radius 2 is 2.10 bits per heavy atom. The number of esters is 1. The van der Waals surface area contributed by atoms with E-state index in [1.165, 1.54) is 6.92 Å². The molecule has 1 N–H and O–H groups in total. The minimum atomic E-state index is -1.35. The highest BCUT2D eigenvalue weighted by molar-refractivity contribution is 5.84. The van der Waals surface area contributed by atoms with Crippen LogP contribution in [0.4, 0.5) is 8.78 Å². The standard InChI is InChI=1S/C14H12F2O5/c1-3-20-10(17)5-8-6(2)7-4-9(15)12(18)11(16)13(7)21-14(8)19/h4,18H,3,5H2,1-2H3. The van der Waals surface area contributed by atoms with Crippen molar-refractivity contribution in [3.05, 3.63) is 39.2 Å². The van der Waals surface area contributed by atoms with Crippen molar-refractivity contribution in [3.8, 4) is 5.75 Å². The Labute approximate surface area is 117 Å². The molecule has 5 nitrogen and oxygen atoms in total. The average molecular weight is 298 g/mol. The Morgan fingerprint density at radius 1 is 1.43 bits per heavy atom. The molecule has 0 atom stereocenters.